The highest BCUT2D eigenvalue weighted by Gasteiger charge is 2.24. The van der Waals surface area contributed by atoms with Crippen LogP contribution in [0.15, 0.2) is 18.2 Å². The molecule has 1 aliphatic rings. The van der Waals surface area contributed by atoms with Crippen molar-refractivity contribution in [3.8, 4) is 0 Å². The fourth-order valence-corrected chi connectivity index (χ4v) is 2.54. The van der Waals surface area contributed by atoms with Gasteiger partial charge in [0, 0.05) is 17.8 Å². The lowest BCUT2D eigenvalue weighted by Crippen LogP contribution is -2.47. The van der Waals surface area contributed by atoms with Crippen LogP contribution in [0.3, 0.4) is 0 Å². The van der Waals surface area contributed by atoms with Crippen LogP contribution < -0.4 is 11.2 Å². The number of piperidine rings is 1. The molecule has 0 aliphatic carbocycles. The SMILES string of the molecule is Cc1ccc(N)cc1NN1C(C)CCCC1C. The van der Waals surface area contributed by atoms with Gasteiger partial charge in [0.25, 0.3) is 0 Å². The van der Waals surface area contributed by atoms with E-state index in [4.69, 9.17) is 5.73 Å². The molecule has 1 aromatic rings. The number of rotatable bonds is 2. The van der Waals surface area contributed by atoms with Crippen molar-refractivity contribution in [2.24, 2.45) is 0 Å². The standard InChI is InChI=1S/C14H23N3/c1-10-7-8-13(15)9-14(10)16-17-11(2)5-4-6-12(17)3/h7-9,11-12,16H,4-6,15H2,1-3H3. The topological polar surface area (TPSA) is 41.3 Å². The molecule has 2 rings (SSSR count). The van der Waals surface area contributed by atoms with E-state index < -0.39 is 0 Å². The summed E-state index contributed by atoms with van der Waals surface area (Å²) < 4.78 is 0. The maximum atomic E-state index is 5.84. The molecular weight excluding hydrogens is 210 g/mol. The van der Waals surface area contributed by atoms with E-state index in [0.29, 0.717) is 12.1 Å². The highest BCUT2D eigenvalue weighted by Crippen LogP contribution is 2.25. The van der Waals surface area contributed by atoms with E-state index in [-0.39, 0.29) is 0 Å². The molecule has 3 N–H and O–H groups in total. The third kappa shape index (κ3) is 2.72. The number of aryl methyl sites for hydroxylation is 1. The molecule has 1 aliphatic heterocycles. The minimum Gasteiger partial charge on any atom is -0.399 e. The number of hydrogen-bond acceptors (Lipinski definition) is 3. The van der Waals surface area contributed by atoms with Crippen LogP contribution in [0.4, 0.5) is 11.4 Å². The molecule has 0 aromatic heterocycles. The second-order valence-electron chi connectivity index (χ2n) is 5.22. The molecule has 1 saturated heterocycles. The second-order valence-corrected chi connectivity index (χ2v) is 5.22. The summed E-state index contributed by atoms with van der Waals surface area (Å²) in [6.45, 7) is 6.68. The number of nitrogens with zero attached hydrogens (tertiary/aromatic N) is 1. The first-order chi connectivity index (χ1) is 8.08. The van der Waals surface area contributed by atoms with Gasteiger partial charge in [-0.2, -0.15) is 0 Å². The average Bonchev–Trinajstić information content (AvgIpc) is 2.28. The van der Waals surface area contributed by atoms with Crippen molar-refractivity contribution in [2.75, 3.05) is 11.2 Å². The smallest absolute Gasteiger partial charge is 0.0539 e. The maximum absolute atomic E-state index is 5.84. The van der Waals surface area contributed by atoms with Crippen molar-refractivity contribution in [1.82, 2.24) is 5.01 Å². The van der Waals surface area contributed by atoms with Crippen LogP contribution in [0.1, 0.15) is 38.7 Å². The van der Waals surface area contributed by atoms with Crippen LogP contribution >= 0.6 is 0 Å². The Morgan fingerprint density at radius 3 is 2.53 bits per heavy atom. The third-order valence-corrected chi connectivity index (χ3v) is 3.70. The number of nitrogens with one attached hydrogen (secondary N) is 1. The summed E-state index contributed by atoms with van der Waals surface area (Å²) in [7, 11) is 0. The number of hydrazine groups is 1. The summed E-state index contributed by atoms with van der Waals surface area (Å²) in [5, 5.41) is 2.37. The van der Waals surface area contributed by atoms with Gasteiger partial charge in [-0.3, -0.25) is 0 Å². The molecule has 3 nitrogen and oxygen atoms in total. The number of anilines is 2. The van der Waals surface area contributed by atoms with Gasteiger partial charge in [-0.05, 0) is 51.3 Å². The Labute approximate surface area is 104 Å². The molecule has 1 fully saturated rings. The molecule has 2 unspecified atom stereocenters. The van der Waals surface area contributed by atoms with Crippen LogP contribution in [0.2, 0.25) is 0 Å². The zero-order valence-electron chi connectivity index (χ0n) is 11.0. The van der Waals surface area contributed by atoms with E-state index in [0.717, 1.165) is 11.4 Å². The molecule has 1 aromatic carbocycles. The van der Waals surface area contributed by atoms with Crippen molar-refractivity contribution in [3.05, 3.63) is 23.8 Å². The number of nitrogens with two attached hydrogens (primary N) is 1. The Balaban J connectivity index is 2.16. The fraction of sp³-hybridized carbons (Fsp3) is 0.571. The van der Waals surface area contributed by atoms with Crippen LogP contribution in [0, 0.1) is 6.92 Å². The lowest BCUT2D eigenvalue weighted by atomic mass is 10.00. The molecule has 17 heavy (non-hydrogen) atoms. The Morgan fingerprint density at radius 2 is 1.88 bits per heavy atom. The van der Waals surface area contributed by atoms with Gasteiger partial charge in [-0.1, -0.05) is 12.5 Å². The molecule has 0 spiro atoms. The van der Waals surface area contributed by atoms with Gasteiger partial charge < -0.3 is 11.2 Å². The van der Waals surface area contributed by atoms with Crippen molar-refractivity contribution >= 4 is 11.4 Å². The predicted octanol–water partition coefficient (Wildman–Crippen LogP) is 3.17. The van der Waals surface area contributed by atoms with E-state index in [2.05, 4.69) is 37.3 Å². The summed E-state index contributed by atoms with van der Waals surface area (Å²) in [5.41, 5.74) is 12.6. The predicted molar refractivity (Wildman–Crippen MR) is 73.8 cm³/mol. The molecule has 0 saturated carbocycles. The molecule has 3 heteroatoms. The molecule has 0 amide bonds. The quantitative estimate of drug-likeness (QED) is 0.771. The maximum Gasteiger partial charge on any atom is 0.0539 e. The summed E-state index contributed by atoms with van der Waals surface area (Å²) in [5.74, 6) is 0. The Bertz CT molecular complexity index is 379. The monoisotopic (exact) mass is 233 g/mol. The largest absolute Gasteiger partial charge is 0.399 e. The van der Waals surface area contributed by atoms with Crippen LogP contribution in [-0.4, -0.2) is 17.1 Å². The minimum absolute atomic E-state index is 0.583. The molecule has 0 bridgehead atoms. The van der Waals surface area contributed by atoms with Gasteiger partial charge in [-0.25, -0.2) is 5.01 Å². The Morgan fingerprint density at radius 1 is 1.24 bits per heavy atom. The molecular formula is C14H23N3. The van der Waals surface area contributed by atoms with Gasteiger partial charge in [0.15, 0.2) is 0 Å². The first-order valence-corrected chi connectivity index (χ1v) is 6.49. The van der Waals surface area contributed by atoms with Gasteiger partial charge >= 0.3 is 0 Å². The van der Waals surface area contributed by atoms with Gasteiger partial charge in [0.05, 0.1) is 5.69 Å². The van der Waals surface area contributed by atoms with Crippen LogP contribution in [0.25, 0.3) is 0 Å². The normalized spacial score (nSPS) is 25.8. The summed E-state index contributed by atoms with van der Waals surface area (Å²) in [4.78, 5) is 0. The van der Waals surface area contributed by atoms with Gasteiger partial charge in [-0.15, -0.1) is 0 Å². The van der Waals surface area contributed by atoms with Gasteiger partial charge in [0.1, 0.15) is 0 Å². The second kappa shape index (κ2) is 4.96. The summed E-state index contributed by atoms with van der Waals surface area (Å²) >= 11 is 0. The highest BCUT2D eigenvalue weighted by atomic mass is 15.5. The van der Waals surface area contributed by atoms with E-state index in [1.807, 2.05) is 12.1 Å². The zero-order valence-corrected chi connectivity index (χ0v) is 11.0. The van der Waals surface area contributed by atoms with Crippen LogP contribution in [0.5, 0.6) is 0 Å². The lowest BCUT2D eigenvalue weighted by molar-refractivity contribution is 0.135. The van der Waals surface area contributed by atoms with E-state index >= 15 is 0 Å². The number of benzene rings is 1. The van der Waals surface area contributed by atoms with Crippen molar-refractivity contribution < 1.29 is 0 Å². The number of hydrogen-bond donors (Lipinski definition) is 2. The van der Waals surface area contributed by atoms with E-state index in [1.54, 1.807) is 0 Å². The fourth-order valence-electron chi connectivity index (χ4n) is 2.54. The molecule has 0 radical (unpaired) electrons. The van der Waals surface area contributed by atoms with Crippen molar-refractivity contribution in [1.29, 1.82) is 0 Å². The molecule has 2 atom stereocenters. The highest BCUT2D eigenvalue weighted by molar-refractivity contribution is 5.58. The third-order valence-electron chi connectivity index (χ3n) is 3.70. The average molecular weight is 233 g/mol. The lowest BCUT2D eigenvalue weighted by Gasteiger charge is -2.39. The zero-order chi connectivity index (χ0) is 12.4. The molecule has 1 heterocycles. The molecule has 94 valence electrons. The van der Waals surface area contributed by atoms with E-state index in [9.17, 15) is 0 Å². The first-order valence-electron chi connectivity index (χ1n) is 6.49. The van der Waals surface area contributed by atoms with E-state index in [1.165, 1.54) is 24.8 Å². The van der Waals surface area contributed by atoms with Crippen molar-refractivity contribution in [2.45, 2.75) is 52.1 Å². The minimum atomic E-state index is 0.583. The Kier molecular flexibility index (Phi) is 3.57. The summed E-state index contributed by atoms with van der Waals surface area (Å²) in [6.07, 6.45) is 3.85. The number of nitrogen functional groups attached to an aromatic ring is 1. The van der Waals surface area contributed by atoms with Crippen molar-refractivity contribution in [3.63, 3.8) is 0 Å². The van der Waals surface area contributed by atoms with Crippen LogP contribution in [-0.2, 0) is 0 Å². The first kappa shape index (κ1) is 12.2. The Hall–Kier alpha value is -1.22. The van der Waals surface area contributed by atoms with Gasteiger partial charge in [0.2, 0.25) is 0 Å². The summed E-state index contributed by atoms with van der Waals surface area (Å²) in [6, 6.07) is 7.20.